The number of ether oxygens (including phenoxy) is 1. The van der Waals surface area contributed by atoms with E-state index in [0.29, 0.717) is 6.61 Å². The van der Waals surface area contributed by atoms with Gasteiger partial charge < -0.3 is 10.5 Å². The maximum atomic E-state index is 10.6. The van der Waals surface area contributed by atoms with Crippen molar-refractivity contribution in [2.75, 3.05) is 12.3 Å². The van der Waals surface area contributed by atoms with Gasteiger partial charge in [-0.25, -0.2) is 0 Å². The van der Waals surface area contributed by atoms with E-state index < -0.39 is 0 Å². The first kappa shape index (κ1) is 14.8. The van der Waals surface area contributed by atoms with Crippen molar-refractivity contribution < 1.29 is 9.53 Å². The highest BCUT2D eigenvalue weighted by Gasteiger charge is 2.04. The Bertz CT molecular complexity index is 353. The number of esters is 1. The Morgan fingerprint density at radius 3 is 2.69 bits per heavy atom. The zero-order valence-corrected chi connectivity index (χ0v) is 10.5. The summed E-state index contributed by atoms with van der Waals surface area (Å²) in [6, 6.07) is 5.85. The van der Waals surface area contributed by atoms with Gasteiger partial charge in [-0.1, -0.05) is 19.1 Å². The van der Waals surface area contributed by atoms with Crippen molar-refractivity contribution in [2.24, 2.45) is 0 Å². The first-order chi connectivity index (χ1) is 7.15. The van der Waals surface area contributed by atoms with Gasteiger partial charge in [-0.3, -0.25) is 4.79 Å². The summed E-state index contributed by atoms with van der Waals surface area (Å²) in [6.45, 7) is 3.91. The van der Waals surface area contributed by atoms with Gasteiger partial charge in [-0.15, -0.1) is 12.4 Å². The molecule has 0 aromatic heterocycles. The first-order valence-corrected chi connectivity index (χ1v) is 5.14. The summed E-state index contributed by atoms with van der Waals surface area (Å²) in [4.78, 5) is 10.6. The van der Waals surface area contributed by atoms with Crippen LogP contribution in [0.3, 0.4) is 0 Å². The van der Waals surface area contributed by atoms with E-state index >= 15 is 0 Å². The van der Waals surface area contributed by atoms with E-state index in [-0.39, 0.29) is 18.4 Å². The van der Waals surface area contributed by atoms with E-state index in [0.717, 1.165) is 24.1 Å². The Hall–Kier alpha value is -1.22. The Labute approximate surface area is 102 Å². The second-order valence-corrected chi connectivity index (χ2v) is 3.43. The first-order valence-electron chi connectivity index (χ1n) is 5.14. The number of rotatable bonds is 4. The van der Waals surface area contributed by atoms with Crippen molar-refractivity contribution in [3.05, 3.63) is 29.3 Å². The van der Waals surface area contributed by atoms with Crippen molar-refractivity contribution in [1.29, 1.82) is 0 Å². The van der Waals surface area contributed by atoms with Crippen molar-refractivity contribution >= 4 is 24.1 Å². The fraction of sp³-hybridized carbons (Fsp3) is 0.417. The van der Waals surface area contributed by atoms with Crippen LogP contribution in [0.2, 0.25) is 0 Å². The minimum Gasteiger partial charge on any atom is -0.466 e. The summed E-state index contributed by atoms with van der Waals surface area (Å²) in [7, 11) is 0. The molecule has 0 atom stereocenters. The molecule has 0 bridgehead atoms. The van der Waals surface area contributed by atoms with E-state index in [9.17, 15) is 4.79 Å². The van der Waals surface area contributed by atoms with Gasteiger partial charge in [-0.2, -0.15) is 0 Å². The van der Waals surface area contributed by atoms with Gasteiger partial charge in [0, 0.05) is 19.0 Å². The Morgan fingerprint density at radius 2 is 2.12 bits per heavy atom. The summed E-state index contributed by atoms with van der Waals surface area (Å²) >= 11 is 0. The SMILES string of the molecule is CCc1c(N)cccc1CCOC(C)=O.Cl. The van der Waals surface area contributed by atoms with Crippen LogP contribution >= 0.6 is 12.4 Å². The largest absolute Gasteiger partial charge is 0.466 e. The molecule has 0 unspecified atom stereocenters. The molecular formula is C12H18ClNO2. The Balaban J connectivity index is 0.00000225. The summed E-state index contributed by atoms with van der Waals surface area (Å²) in [6.07, 6.45) is 1.63. The third-order valence-electron chi connectivity index (χ3n) is 2.34. The molecule has 2 N–H and O–H groups in total. The summed E-state index contributed by atoms with van der Waals surface area (Å²) in [5, 5.41) is 0. The number of nitrogens with two attached hydrogens (primary N) is 1. The van der Waals surface area contributed by atoms with Crippen LogP contribution in [0, 0.1) is 0 Å². The molecular weight excluding hydrogens is 226 g/mol. The van der Waals surface area contributed by atoms with E-state index in [1.807, 2.05) is 18.2 Å². The molecule has 4 heteroatoms. The van der Waals surface area contributed by atoms with E-state index in [1.165, 1.54) is 12.5 Å². The Kier molecular flexibility index (Phi) is 6.58. The highest BCUT2D eigenvalue weighted by Crippen LogP contribution is 2.18. The Morgan fingerprint density at radius 1 is 1.44 bits per heavy atom. The van der Waals surface area contributed by atoms with Gasteiger partial charge in [0.2, 0.25) is 0 Å². The lowest BCUT2D eigenvalue weighted by molar-refractivity contribution is -0.140. The monoisotopic (exact) mass is 243 g/mol. The van der Waals surface area contributed by atoms with Crippen LogP contribution in [-0.4, -0.2) is 12.6 Å². The minimum absolute atomic E-state index is 0. The minimum atomic E-state index is -0.239. The maximum Gasteiger partial charge on any atom is 0.302 e. The lowest BCUT2D eigenvalue weighted by Crippen LogP contribution is -2.06. The molecule has 0 saturated heterocycles. The molecule has 0 aliphatic heterocycles. The molecule has 0 aliphatic carbocycles. The lowest BCUT2D eigenvalue weighted by atomic mass is 10.0. The number of carbonyl (C=O) groups is 1. The van der Waals surface area contributed by atoms with E-state index in [4.69, 9.17) is 10.5 Å². The number of nitrogen functional groups attached to an aromatic ring is 1. The van der Waals surface area contributed by atoms with Gasteiger partial charge in [0.1, 0.15) is 0 Å². The second-order valence-electron chi connectivity index (χ2n) is 3.43. The molecule has 0 heterocycles. The number of carbonyl (C=O) groups excluding carboxylic acids is 1. The van der Waals surface area contributed by atoms with Crippen LogP contribution in [0.25, 0.3) is 0 Å². The number of halogens is 1. The number of benzene rings is 1. The average molecular weight is 244 g/mol. The third-order valence-corrected chi connectivity index (χ3v) is 2.34. The quantitative estimate of drug-likeness (QED) is 0.653. The third kappa shape index (κ3) is 4.11. The van der Waals surface area contributed by atoms with Crippen LogP contribution in [0.1, 0.15) is 25.0 Å². The molecule has 1 rings (SSSR count). The molecule has 0 aliphatic rings. The van der Waals surface area contributed by atoms with Crippen LogP contribution in [0.15, 0.2) is 18.2 Å². The molecule has 0 saturated carbocycles. The zero-order valence-electron chi connectivity index (χ0n) is 9.66. The van der Waals surface area contributed by atoms with Gasteiger partial charge in [0.25, 0.3) is 0 Å². The molecule has 0 spiro atoms. The zero-order chi connectivity index (χ0) is 11.3. The summed E-state index contributed by atoms with van der Waals surface area (Å²) < 4.78 is 4.91. The predicted octanol–water partition coefficient (Wildman–Crippen LogP) is 2.36. The molecule has 0 fully saturated rings. The number of anilines is 1. The van der Waals surface area contributed by atoms with Crippen LogP contribution in [-0.2, 0) is 22.4 Å². The molecule has 1 aromatic rings. The normalized spacial score (nSPS) is 9.38. The van der Waals surface area contributed by atoms with Gasteiger partial charge in [0.05, 0.1) is 6.61 Å². The van der Waals surface area contributed by atoms with Crippen molar-refractivity contribution in [3.8, 4) is 0 Å². The fourth-order valence-corrected chi connectivity index (χ4v) is 1.62. The molecule has 0 amide bonds. The number of hydrogen-bond acceptors (Lipinski definition) is 3. The van der Waals surface area contributed by atoms with Crippen molar-refractivity contribution in [3.63, 3.8) is 0 Å². The van der Waals surface area contributed by atoms with Crippen LogP contribution in [0.4, 0.5) is 5.69 Å². The molecule has 90 valence electrons. The van der Waals surface area contributed by atoms with E-state index in [2.05, 4.69) is 6.92 Å². The fourth-order valence-electron chi connectivity index (χ4n) is 1.62. The summed E-state index contributed by atoms with van der Waals surface area (Å²) in [5.41, 5.74) is 9.00. The molecule has 3 nitrogen and oxygen atoms in total. The second kappa shape index (κ2) is 7.12. The summed E-state index contributed by atoms with van der Waals surface area (Å²) in [5.74, 6) is -0.239. The topological polar surface area (TPSA) is 52.3 Å². The van der Waals surface area contributed by atoms with Gasteiger partial charge >= 0.3 is 5.97 Å². The molecule has 1 aromatic carbocycles. The standard InChI is InChI=1S/C12H17NO2.ClH/c1-3-11-10(5-4-6-12(11)13)7-8-15-9(2)14;/h4-6H,3,7-8,13H2,1-2H3;1H. The number of hydrogen-bond donors (Lipinski definition) is 1. The molecule has 16 heavy (non-hydrogen) atoms. The van der Waals surface area contributed by atoms with Gasteiger partial charge in [0.15, 0.2) is 0 Å². The predicted molar refractivity (Wildman–Crippen MR) is 67.8 cm³/mol. The van der Waals surface area contributed by atoms with Crippen LogP contribution < -0.4 is 5.73 Å². The van der Waals surface area contributed by atoms with Crippen molar-refractivity contribution in [2.45, 2.75) is 26.7 Å². The van der Waals surface area contributed by atoms with Crippen molar-refractivity contribution in [1.82, 2.24) is 0 Å². The maximum absolute atomic E-state index is 10.6. The van der Waals surface area contributed by atoms with Gasteiger partial charge in [-0.05, 0) is 23.6 Å². The highest BCUT2D eigenvalue weighted by molar-refractivity contribution is 5.85. The molecule has 0 radical (unpaired) electrons. The van der Waals surface area contributed by atoms with E-state index in [1.54, 1.807) is 0 Å². The highest BCUT2D eigenvalue weighted by atomic mass is 35.5. The smallest absolute Gasteiger partial charge is 0.302 e. The van der Waals surface area contributed by atoms with Crippen LogP contribution in [0.5, 0.6) is 0 Å². The average Bonchev–Trinajstić information content (AvgIpc) is 2.17. The lowest BCUT2D eigenvalue weighted by Gasteiger charge is -2.10.